The fourth-order valence-electron chi connectivity index (χ4n) is 1.22. The number of rotatable bonds is 0. The molecule has 0 spiro atoms. The number of carbonyl (C=O) groups excluding carboxylic acids is 2. The summed E-state index contributed by atoms with van der Waals surface area (Å²) >= 11 is 0. The molecule has 1 amide bonds. The molecule has 12 heavy (non-hydrogen) atoms. The summed E-state index contributed by atoms with van der Waals surface area (Å²) in [6.07, 6.45) is 0. The Hall–Kier alpha value is -1.84. The molecule has 0 fully saturated rings. The molecule has 1 heterocycles. The van der Waals surface area contributed by atoms with Crippen molar-refractivity contribution in [3.8, 4) is 0 Å². The van der Waals surface area contributed by atoms with Crippen molar-refractivity contribution in [3.05, 3.63) is 23.8 Å². The second-order valence-electron chi connectivity index (χ2n) is 2.55. The maximum absolute atomic E-state index is 11.1. The molecule has 0 aromatic heterocycles. The summed E-state index contributed by atoms with van der Waals surface area (Å²) in [6, 6.07) is 4.93. The van der Waals surface area contributed by atoms with Crippen LogP contribution in [0, 0.1) is 0 Å². The topological polar surface area (TPSA) is 72.2 Å². The molecule has 0 unspecified atom stereocenters. The lowest BCUT2D eigenvalue weighted by atomic mass is 10.1. The van der Waals surface area contributed by atoms with Gasteiger partial charge >= 0.3 is 0 Å². The number of nitrogen functional groups attached to an aromatic ring is 1. The molecule has 60 valence electrons. The van der Waals surface area contributed by atoms with E-state index >= 15 is 0 Å². The molecule has 0 aliphatic carbocycles. The standard InChI is InChI=1S/C8H6N2O2/c9-4-2-1-3-5-6(4)7(11)8(12)10-5/h1-3H,9H2,(H,10,11,12). The van der Waals surface area contributed by atoms with Crippen LogP contribution in [0.25, 0.3) is 0 Å². The number of nitrogens with one attached hydrogen (secondary N) is 1. The summed E-state index contributed by atoms with van der Waals surface area (Å²) in [4.78, 5) is 22.0. The fraction of sp³-hybridized carbons (Fsp3) is 0. The Balaban J connectivity index is 2.70. The highest BCUT2D eigenvalue weighted by molar-refractivity contribution is 6.52. The Labute approximate surface area is 68.4 Å². The first-order valence-corrected chi connectivity index (χ1v) is 3.44. The Kier molecular flexibility index (Phi) is 1.18. The molecular weight excluding hydrogens is 156 g/mol. The molecular formula is C8H6N2O2. The number of ketones is 1. The largest absolute Gasteiger partial charge is 0.398 e. The van der Waals surface area contributed by atoms with E-state index in [1.165, 1.54) is 0 Å². The van der Waals surface area contributed by atoms with E-state index in [1.54, 1.807) is 18.2 Å². The van der Waals surface area contributed by atoms with E-state index in [4.69, 9.17) is 5.73 Å². The highest BCUT2D eigenvalue weighted by atomic mass is 16.2. The zero-order chi connectivity index (χ0) is 8.72. The number of nitrogens with two attached hydrogens (primary N) is 1. The van der Waals surface area contributed by atoms with Gasteiger partial charge in [-0.2, -0.15) is 0 Å². The molecule has 4 heteroatoms. The van der Waals surface area contributed by atoms with Crippen molar-refractivity contribution in [3.63, 3.8) is 0 Å². The number of Topliss-reactive ketones (excluding diaryl/α,β-unsaturated/α-hetero) is 1. The van der Waals surface area contributed by atoms with Gasteiger partial charge < -0.3 is 11.1 Å². The second kappa shape index (κ2) is 2.07. The third-order valence-corrected chi connectivity index (χ3v) is 1.78. The molecule has 0 saturated heterocycles. The first-order valence-electron chi connectivity index (χ1n) is 3.44. The smallest absolute Gasteiger partial charge is 0.296 e. The van der Waals surface area contributed by atoms with Crippen molar-refractivity contribution in [2.75, 3.05) is 11.1 Å². The minimum atomic E-state index is -0.608. The maximum atomic E-state index is 11.1. The van der Waals surface area contributed by atoms with Gasteiger partial charge in [-0.25, -0.2) is 0 Å². The van der Waals surface area contributed by atoms with Crippen molar-refractivity contribution < 1.29 is 9.59 Å². The average molecular weight is 162 g/mol. The van der Waals surface area contributed by atoms with Crippen LogP contribution in [0.5, 0.6) is 0 Å². The number of amides is 1. The van der Waals surface area contributed by atoms with Gasteiger partial charge in [-0.3, -0.25) is 9.59 Å². The zero-order valence-corrected chi connectivity index (χ0v) is 6.13. The molecule has 1 aliphatic rings. The Bertz CT molecular complexity index is 385. The van der Waals surface area contributed by atoms with Crippen molar-refractivity contribution in [2.45, 2.75) is 0 Å². The lowest BCUT2D eigenvalue weighted by Gasteiger charge is -1.97. The minimum absolute atomic E-state index is 0.294. The molecule has 0 radical (unpaired) electrons. The van der Waals surface area contributed by atoms with Gasteiger partial charge in [0.2, 0.25) is 0 Å². The van der Waals surface area contributed by atoms with Crippen LogP contribution < -0.4 is 11.1 Å². The van der Waals surface area contributed by atoms with E-state index < -0.39 is 11.7 Å². The number of benzene rings is 1. The SMILES string of the molecule is Nc1cccc2c1C(=O)C(=O)N2. The first kappa shape index (κ1) is 6.84. The number of hydrogen-bond acceptors (Lipinski definition) is 3. The van der Waals surface area contributed by atoms with Crippen LogP contribution in [0.2, 0.25) is 0 Å². The van der Waals surface area contributed by atoms with Gasteiger partial charge in [-0.15, -0.1) is 0 Å². The summed E-state index contributed by atoms with van der Waals surface area (Å²) in [7, 11) is 0. The third-order valence-electron chi connectivity index (χ3n) is 1.78. The number of anilines is 2. The minimum Gasteiger partial charge on any atom is -0.398 e. The van der Waals surface area contributed by atoms with Gasteiger partial charge in [0.05, 0.1) is 11.3 Å². The lowest BCUT2D eigenvalue weighted by molar-refractivity contribution is -0.112. The van der Waals surface area contributed by atoms with Gasteiger partial charge in [-0.1, -0.05) is 6.07 Å². The van der Waals surface area contributed by atoms with Gasteiger partial charge in [0.25, 0.3) is 11.7 Å². The van der Waals surface area contributed by atoms with Crippen molar-refractivity contribution in [2.24, 2.45) is 0 Å². The fourth-order valence-corrected chi connectivity index (χ4v) is 1.22. The van der Waals surface area contributed by atoms with E-state index in [-0.39, 0.29) is 0 Å². The van der Waals surface area contributed by atoms with E-state index in [9.17, 15) is 9.59 Å². The van der Waals surface area contributed by atoms with Gasteiger partial charge in [0, 0.05) is 5.69 Å². The van der Waals surface area contributed by atoms with Crippen LogP contribution in [-0.2, 0) is 4.79 Å². The van der Waals surface area contributed by atoms with E-state index in [2.05, 4.69) is 5.32 Å². The third kappa shape index (κ3) is 0.717. The highest BCUT2D eigenvalue weighted by Gasteiger charge is 2.29. The van der Waals surface area contributed by atoms with Crippen LogP contribution in [0.1, 0.15) is 10.4 Å². The van der Waals surface area contributed by atoms with E-state index in [0.717, 1.165) is 0 Å². The van der Waals surface area contributed by atoms with Crippen LogP contribution in [0.4, 0.5) is 11.4 Å². The predicted octanol–water partition coefficient (Wildman–Crippen LogP) is 0.404. The Morgan fingerprint density at radius 3 is 2.67 bits per heavy atom. The molecule has 1 aromatic rings. The van der Waals surface area contributed by atoms with E-state index in [1.807, 2.05) is 0 Å². The van der Waals surface area contributed by atoms with Crippen molar-refractivity contribution in [1.29, 1.82) is 0 Å². The molecule has 0 bridgehead atoms. The maximum Gasteiger partial charge on any atom is 0.296 e. The summed E-state index contributed by atoms with van der Waals surface area (Å²) in [5.74, 6) is -1.16. The average Bonchev–Trinajstić information content (AvgIpc) is 2.29. The van der Waals surface area contributed by atoms with Crippen LogP contribution in [0.3, 0.4) is 0 Å². The van der Waals surface area contributed by atoms with Crippen LogP contribution in [0.15, 0.2) is 18.2 Å². The molecule has 1 aromatic carbocycles. The molecule has 0 atom stereocenters. The monoisotopic (exact) mass is 162 g/mol. The summed E-state index contributed by atoms with van der Waals surface area (Å²) in [5, 5.41) is 2.42. The summed E-state index contributed by atoms with van der Waals surface area (Å²) in [6.45, 7) is 0. The molecule has 3 N–H and O–H groups in total. The first-order chi connectivity index (χ1) is 5.70. The quantitative estimate of drug-likeness (QED) is 0.428. The molecule has 4 nitrogen and oxygen atoms in total. The number of hydrogen-bond donors (Lipinski definition) is 2. The van der Waals surface area contributed by atoms with Gasteiger partial charge in [-0.05, 0) is 12.1 Å². The highest BCUT2D eigenvalue weighted by Crippen LogP contribution is 2.27. The molecule has 0 saturated carbocycles. The number of carbonyl (C=O) groups is 2. The van der Waals surface area contributed by atoms with Crippen LogP contribution in [-0.4, -0.2) is 11.7 Å². The van der Waals surface area contributed by atoms with Gasteiger partial charge in [0.15, 0.2) is 0 Å². The molecule has 1 aliphatic heterocycles. The Morgan fingerprint density at radius 2 is 2.00 bits per heavy atom. The van der Waals surface area contributed by atoms with Crippen LogP contribution >= 0.6 is 0 Å². The van der Waals surface area contributed by atoms with Gasteiger partial charge in [0.1, 0.15) is 0 Å². The second-order valence-corrected chi connectivity index (χ2v) is 2.55. The predicted molar refractivity (Wildman–Crippen MR) is 43.8 cm³/mol. The summed E-state index contributed by atoms with van der Waals surface area (Å²) < 4.78 is 0. The summed E-state index contributed by atoms with van der Waals surface area (Å²) in [5.41, 5.74) is 6.65. The molecule has 2 rings (SSSR count). The van der Waals surface area contributed by atoms with Crippen molar-refractivity contribution in [1.82, 2.24) is 0 Å². The van der Waals surface area contributed by atoms with E-state index in [0.29, 0.717) is 16.9 Å². The zero-order valence-electron chi connectivity index (χ0n) is 6.13. The van der Waals surface area contributed by atoms with Crippen molar-refractivity contribution >= 4 is 23.1 Å². The number of fused-ring (bicyclic) bond motifs is 1. The normalized spacial score (nSPS) is 14.3. The Morgan fingerprint density at radius 1 is 1.25 bits per heavy atom. The lowest BCUT2D eigenvalue weighted by Crippen LogP contribution is -2.13.